The summed E-state index contributed by atoms with van der Waals surface area (Å²) < 4.78 is 11.5. The van der Waals surface area contributed by atoms with Crippen molar-refractivity contribution in [1.82, 2.24) is 4.90 Å². The SMILES string of the molecule is CC(C)CCCOC[C@H]1CN(CC(C)C)CCO1. The largest absolute Gasteiger partial charge is 0.379 e. The summed E-state index contributed by atoms with van der Waals surface area (Å²) in [5, 5.41) is 0. The number of rotatable bonds is 8. The maximum absolute atomic E-state index is 5.75. The molecule has 0 spiro atoms. The van der Waals surface area contributed by atoms with Crippen LogP contribution in [0.25, 0.3) is 0 Å². The molecule has 0 radical (unpaired) electrons. The van der Waals surface area contributed by atoms with Gasteiger partial charge in [-0.05, 0) is 24.7 Å². The van der Waals surface area contributed by atoms with E-state index in [1.54, 1.807) is 0 Å². The van der Waals surface area contributed by atoms with Gasteiger partial charge in [-0.2, -0.15) is 0 Å². The maximum Gasteiger partial charge on any atom is 0.0935 e. The molecule has 0 unspecified atom stereocenters. The van der Waals surface area contributed by atoms with Gasteiger partial charge in [0.15, 0.2) is 0 Å². The summed E-state index contributed by atoms with van der Waals surface area (Å²) in [6, 6.07) is 0. The molecule has 1 fully saturated rings. The standard InChI is InChI=1S/C15H31NO2/c1-13(2)6-5-8-17-12-15-11-16(7-9-18-15)10-14(3)4/h13-15H,5-12H2,1-4H3/t15-/m1/s1. The van der Waals surface area contributed by atoms with Crippen LogP contribution in [0, 0.1) is 11.8 Å². The predicted molar refractivity (Wildman–Crippen MR) is 75.9 cm³/mol. The summed E-state index contributed by atoms with van der Waals surface area (Å²) in [6.45, 7) is 14.8. The fourth-order valence-corrected chi connectivity index (χ4v) is 2.37. The molecule has 18 heavy (non-hydrogen) atoms. The van der Waals surface area contributed by atoms with Crippen molar-refractivity contribution in [1.29, 1.82) is 0 Å². The van der Waals surface area contributed by atoms with Crippen LogP contribution in [0.1, 0.15) is 40.5 Å². The maximum atomic E-state index is 5.75. The Morgan fingerprint density at radius 3 is 2.67 bits per heavy atom. The zero-order valence-electron chi connectivity index (χ0n) is 12.7. The average molecular weight is 257 g/mol. The molecular weight excluding hydrogens is 226 g/mol. The molecular formula is C15H31NO2. The summed E-state index contributed by atoms with van der Waals surface area (Å²) in [5.74, 6) is 1.51. The summed E-state index contributed by atoms with van der Waals surface area (Å²) in [7, 11) is 0. The van der Waals surface area contributed by atoms with Gasteiger partial charge in [0, 0.05) is 26.2 Å². The molecule has 1 heterocycles. The Kier molecular flexibility index (Phi) is 7.87. The molecule has 1 aliphatic rings. The van der Waals surface area contributed by atoms with Crippen molar-refractivity contribution in [2.75, 3.05) is 39.5 Å². The Hall–Kier alpha value is -0.120. The van der Waals surface area contributed by atoms with Gasteiger partial charge in [0.1, 0.15) is 0 Å². The number of morpholine rings is 1. The third kappa shape index (κ3) is 7.34. The van der Waals surface area contributed by atoms with Crippen LogP contribution in [0.5, 0.6) is 0 Å². The van der Waals surface area contributed by atoms with Gasteiger partial charge >= 0.3 is 0 Å². The fourth-order valence-electron chi connectivity index (χ4n) is 2.37. The van der Waals surface area contributed by atoms with Crippen molar-refractivity contribution in [3.8, 4) is 0 Å². The van der Waals surface area contributed by atoms with Crippen LogP contribution in [0.2, 0.25) is 0 Å². The van der Waals surface area contributed by atoms with E-state index in [-0.39, 0.29) is 6.10 Å². The highest BCUT2D eigenvalue weighted by Crippen LogP contribution is 2.09. The van der Waals surface area contributed by atoms with Crippen molar-refractivity contribution in [3.05, 3.63) is 0 Å². The van der Waals surface area contributed by atoms with E-state index < -0.39 is 0 Å². The first kappa shape index (κ1) is 15.9. The Balaban J connectivity index is 2.07. The number of nitrogens with zero attached hydrogens (tertiary/aromatic N) is 1. The number of hydrogen-bond acceptors (Lipinski definition) is 3. The third-order valence-electron chi connectivity index (χ3n) is 3.22. The topological polar surface area (TPSA) is 21.7 Å². The molecule has 1 rings (SSSR count). The fraction of sp³-hybridized carbons (Fsp3) is 1.00. The second-order valence-corrected chi connectivity index (χ2v) is 6.26. The van der Waals surface area contributed by atoms with E-state index in [2.05, 4.69) is 32.6 Å². The number of hydrogen-bond donors (Lipinski definition) is 0. The molecule has 3 heteroatoms. The highest BCUT2D eigenvalue weighted by molar-refractivity contribution is 4.72. The van der Waals surface area contributed by atoms with Crippen LogP contribution in [-0.2, 0) is 9.47 Å². The van der Waals surface area contributed by atoms with Crippen molar-refractivity contribution in [2.24, 2.45) is 11.8 Å². The lowest BCUT2D eigenvalue weighted by molar-refractivity contribution is -0.0715. The van der Waals surface area contributed by atoms with Crippen LogP contribution in [-0.4, -0.2) is 50.5 Å². The minimum Gasteiger partial charge on any atom is -0.379 e. The van der Waals surface area contributed by atoms with Crippen molar-refractivity contribution < 1.29 is 9.47 Å². The van der Waals surface area contributed by atoms with E-state index >= 15 is 0 Å². The minimum absolute atomic E-state index is 0.275. The Bertz CT molecular complexity index is 207. The zero-order valence-corrected chi connectivity index (χ0v) is 12.7. The molecule has 0 aromatic rings. The summed E-state index contributed by atoms with van der Waals surface area (Å²) in [6.07, 6.45) is 2.70. The van der Waals surface area contributed by atoms with E-state index in [0.717, 1.165) is 44.7 Å². The molecule has 108 valence electrons. The van der Waals surface area contributed by atoms with Gasteiger partial charge in [0.2, 0.25) is 0 Å². The minimum atomic E-state index is 0.275. The van der Waals surface area contributed by atoms with E-state index in [1.165, 1.54) is 19.4 Å². The molecule has 0 amide bonds. The molecule has 1 atom stereocenters. The molecule has 1 aliphatic heterocycles. The second kappa shape index (κ2) is 8.89. The Morgan fingerprint density at radius 1 is 1.22 bits per heavy atom. The van der Waals surface area contributed by atoms with Gasteiger partial charge in [-0.3, -0.25) is 4.90 Å². The van der Waals surface area contributed by atoms with Crippen LogP contribution in [0.15, 0.2) is 0 Å². The smallest absolute Gasteiger partial charge is 0.0935 e. The highest BCUT2D eigenvalue weighted by Gasteiger charge is 2.20. The van der Waals surface area contributed by atoms with E-state index in [0.29, 0.717) is 0 Å². The van der Waals surface area contributed by atoms with Crippen molar-refractivity contribution >= 4 is 0 Å². The van der Waals surface area contributed by atoms with Crippen molar-refractivity contribution in [2.45, 2.75) is 46.6 Å². The van der Waals surface area contributed by atoms with Gasteiger partial charge in [-0.1, -0.05) is 27.7 Å². The predicted octanol–water partition coefficient (Wildman–Crippen LogP) is 2.80. The first-order chi connectivity index (χ1) is 8.58. The Morgan fingerprint density at radius 2 is 2.00 bits per heavy atom. The summed E-state index contributed by atoms with van der Waals surface area (Å²) in [5.41, 5.74) is 0. The Labute approximate surface area is 113 Å². The van der Waals surface area contributed by atoms with Gasteiger partial charge in [-0.25, -0.2) is 0 Å². The van der Waals surface area contributed by atoms with Gasteiger partial charge in [0.25, 0.3) is 0 Å². The van der Waals surface area contributed by atoms with Crippen LogP contribution >= 0.6 is 0 Å². The second-order valence-electron chi connectivity index (χ2n) is 6.26. The van der Waals surface area contributed by atoms with Gasteiger partial charge in [0.05, 0.1) is 19.3 Å². The lowest BCUT2D eigenvalue weighted by Gasteiger charge is -2.33. The van der Waals surface area contributed by atoms with Crippen LogP contribution < -0.4 is 0 Å². The molecule has 0 saturated carbocycles. The third-order valence-corrected chi connectivity index (χ3v) is 3.22. The quantitative estimate of drug-likeness (QED) is 0.624. The molecule has 1 saturated heterocycles. The summed E-state index contributed by atoms with van der Waals surface area (Å²) in [4.78, 5) is 2.50. The first-order valence-corrected chi connectivity index (χ1v) is 7.49. The zero-order chi connectivity index (χ0) is 13.4. The van der Waals surface area contributed by atoms with Crippen LogP contribution in [0.3, 0.4) is 0 Å². The normalized spacial score (nSPS) is 22.0. The lowest BCUT2D eigenvalue weighted by atomic mass is 10.1. The van der Waals surface area contributed by atoms with Gasteiger partial charge in [-0.15, -0.1) is 0 Å². The molecule has 3 nitrogen and oxygen atoms in total. The highest BCUT2D eigenvalue weighted by atomic mass is 16.5. The molecule has 0 bridgehead atoms. The van der Waals surface area contributed by atoms with E-state index in [1.807, 2.05) is 0 Å². The van der Waals surface area contributed by atoms with Crippen LogP contribution in [0.4, 0.5) is 0 Å². The molecule has 0 N–H and O–H groups in total. The molecule has 0 aliphatic carbocycles. The number of ether oxygens (including phenoxy) is 2. The van der Waals surface area contributed by atoms with Crippen molar-refractivity contribution in [3.63, 3.8) is 0 Å². The first-order valence-electron chi connectivity index (χ1n) is 7.49. The summed E-state index contributed by atoms with van der Waals surface area (Å²) >= 11 is 0. The van der Waals surface area contributed by atoms with E-state index in [9.17, 15) is 0 Å². The van der Waals surface area contributed by atoms with Gasteiger partial charge < -0.3 is 9.47 Å². The average Bonchev–Trinajstić information content (AvgIpc) is 2.27. The van der Waals surface area contributed by atoms with E-state index in [4.69, 9.17) is 9.47 Å². The molecule has 0 aromatic carbocycles. The lowest BCUT2D eigenvalue weighted by Crippen LogP contribution is -2.45. The monoisotopic (exact) mass is 257 g/mol. The molecule has 0 aromatic heterocycles.